The van der Waals surface area contributed by atoms with E-state index in [2.05, 4.69) is 56.5 Å². The maximum atomic E-state index is 12.5. The highest BCUT2D eigenvalue weighted by molar-refractivity contribution is 7.99. The molecule has 10 heteroatoms. The van der Waals surface area contributed by atoms with Crippen molar-refractivity contribution >= 4 is 29.1 Å². The topological polar surface area (TPSA) is 115 Å². The predicted molar refractivity (Wildman–Crippen MR) is 136 cm³/mol. The summed E-state index contributed by atoms with van der Waals surface area (Å²) >= 11 is 1.34. The van der Waals surface area contributed by atoms with Crippen molar-refractivity contribution in [3.05, 3.63) is 69.8 Å². The van der Waals surface area contributed by atoms with Crippen molar-refractivity contribution < 1.29 is 9.72 Å². The number of nitrogens with one attached hydrogen (secondary N) is 1. The molecule has 0 saturated heterocycles. The van der Waals surface area contributed by atoms with Gasteiger partial charge < -0.3 is 0 Å². The first-order valence-electron chi connectivity index (χ1n) is 11.6. The van der Waals surface area contributed by atoms with Gasteiger partial charge in [-0.15, -0.1) is 10.2 Å². The standard InChI is InChI=1S/C25H28N6O3S/c1-17-11-13-19(14-12-17)24-28-29-25(30(24)21-8-4-3-5-9-21)35-16-23(32)27-26-18(2)20-7-6-10-22(15-20)31(33)34/h6-7,10-15,21H,3-5,8-9,16H2,1-2H3,(H,27,32). The van der Waals surface area contributed by atoms with Gasteiger partial charge in [-0.25, -0.2) is 5.43 Å². The molecule has 0 unspecified atom stereocenters. The van der Waals surface area contributed by atoms with E-state index in [1.807, 2.05) is 0 Å². The number of hydrogen-bond donors (Lipinski definition) is 1. The van der Waals surface area contributed by atoms with E-state index in [0.29, 0.717) is 17.3 Å². The number of thioether (sulfide) groups is 1. The Labute approximate surface area is 208 Å². The van der Waals surface area contributed by atoms with E-state index in [1.165, 1.54) is 48.7 Å². The maximum absolute atomic E-state index is 12.5. The Balaban J connectivity index is 1.46. The average Bonchev–Trinajstić information content (AvgIpc) is 3.31. The quantitative estimate of drug-likeness (QED) is 0.197. The molecule has 35 heavy (non-hydrogen) atoms. The zero-order valence-corrected chi connectivity index (χ0v) is 20.6. The zero-order valence-electron chi connectivity index (χ0n) is 19.8. The summed E-state index contributed by atoms with van der Waals surface area (Å²) in [5.74, 6) is 0.680. The minimum atomic E-state index is -0.459. The van der Waals surface area contributed by atoms with Gasteiger partial charge in [0.2, 0.25) is 0 Å². The first kappa shape index (κ1) is 24.6. The van der Waals surface area contributed by atoms with Crippen LogP contribution in [-0.4, -0.2) is 37.1 Å². The Morgan fingerprint density at radius 1 is 1.17 bits per heavy atom. The highest BCUT2D eigenvalue weighted by Gasteiger charge is 2.24. The van der Waals surface area contributed by atoms with Crippen LogP contribution in [0.4, 0.5) is 5.69 Å². The minimum Gasteiger partial charge on any atom is -0.299 e. The van der Waals surface area contributed by atoms with Gasteiger partial charge in [-0.3, -0.25) is 19.5 Å². The predicted octanol–water partition coefficient (Wildman–Crippen LogP) is 5.30. The number of non-ortho nitro benzene ring substituents is 1. The Bertz CT molecular complexity index is 1230. The van der Waals surface area contributed by atoms with Crippen molar-refractivity contribution in [3.63, 3.8) is 0 Å². The summed E-state index contributed by atoms with van der Waals surface area (Å²) in [5.41, 5.74) is 5.78. The van der Waals surface area contributed by atoms with Gasteiger partial charge in [0.1, 0.15) is 0 Å². The summed E-state index contributed by atoms with van der Waals surface area (Å²) in [6.07, 6.45) is 5.73. The van der Waals surface area contributed by atoms with Gasteiger partial charge >= 0.3 is 0 Å². The molecule has 0 bridgehead atoms. The van der Waals surface area contributed by atoms with Crippen LogP contribution in [0.5, 0.6) is 0 Å². The third-order valence-electron chi connectivity index (χ3n) is 6.07. The van der Waals surface area contributed by atoms with Crippen LogP contribution >= 0.6 is 11.8 Å². The number of aryl methyl sites for hydroxylation is 1. The van der Waals surface area contributed by atoms with Crippen molar-refractivity contribution in [1.29, 1.82) is 0 Å². The van der Waals surface area contributed by atoms with Gasteiger partial charge in [-0.2, -0.15) is 5.10 Å². The Morgan fingerprint density at radius 2 is 1.91 bits per heavy atom. The van der Waals surface area contributed by atoms with E-state index < -0.39 is 4.92 Å². The molecule has 1 aliphatic rings. The molecule has 0 radical (unpaired) electrons. The van der Waals surface area contributed by atoms with Crippen molar-refractivity contribution in [1.82, 2.24) is 20.2 Å². The SMILES string of the molecule is CC(=NNC(=O)CSc1nnc(-c2ccc(C)cc2)n1C1CCCCC1)c1cccc([N+](=O)[O-])c1. The molecule has 3 aromatic rings. The lowest BCUT2D eigenvalue weighted by molar-refractivity contribution is -0.384. The molecule has 1 amide bonds. The number of nitro benzene ring substituents is 1. The van der Waals surface area contributed by atoms with Crippen molar-refractivity contribution in [2.75, 3.05) is 5.75 Å². The number of aromatic nitrogens is 3. The molecule has 1 saturated carbocycles. The van der Waals surface area contributed by atoms with Crippen LogP contribution in [0, 0.1) is 17.0 Å². The second-order valence-electron chi connectivity index (χ2n) is 8.66. The van der Waals surface area contributed by atoms with E-state index in [9.17, 15) is 14.9 Å². The van der Waals surface area contributed by atoms with Gasteiger partial charge in [0, 0.05) is 29.3 Å². The first-order valence-corrected chi connectivity index (χ1v) is 12.6. The summed E-state index contributed by atoms with van der Waals surface area (Å²) in [7, 11) is 0. The van der Waals surface area contributed by atoms with E-state index in [1.54, 1.807) is 19.1 Å². The Hall–Kier alpha value is -3.53. The second-order valence-corrected chi connectivity index (χ2v) is 9.60. The van der Waals surface area contributed by atoms with Crippen LogP contribution < -0.4 is 5.43 Å². The lowest BCUT2D eigenvalue weighted by atomic mass is 9.95. The molecule has 1 heterocycles. The molecule has 1 fully saturated rings. The molecular weight excluding hydrogens is 464 g/mol. The summed E-state index contributed by atoms with van der Waals surface area (Å²) in [6.45, 7) is 3.75. The summed E-state index contributed by atoms with van der Waals surface area (Å²) in [4.78, 5) is 23.1. The fourth-order valence-electron chi connectivity index (χ4n) is 4.16. The van der Waals surface area contributed by atoms with Crippen LogP contribution in [0.2, 0.25) is 0 Å². The lowest BCUT2D eigenvalue weighted by Gasteiger charge is -2.25. The molecule has 0 atom stereocenters. The third-order valence-corrected chi connectivity index (χ3v) is 7.01. The zero-order chi connectivity index (χ0) is 24.8. The third kappa shape index (κ3) is 6.13. The second kappa shape index (κ2) is 11.3. The number of amides is 1. The van der Waals surface area contributed by atoms with E-state index in [4.69, 9.17) is 0 Å². The lowest BCUT2D eigenvalue weighted by Crippen LogP contribution is -2.22. The number of hydrogen-bond acceptors (Lipinski definition) is 7. The summed E-state index contributed by atoms with van der Waals surface area (Å²) < 4.78 is 2.19. The normalized spacial score (nSPS) is 14.6. The molecule has 1 aromatic heterocycles. The number of benzene rings is 2. The van der Waals surface area contributed by atoms with Crippen molar-refractivity contribution in [2.45, 2.75) is 57.1 Å². The van der Waals surface area contributed by atoms with Crippen LogP contribution in [0.15, 0.2) is 58.8 Å². The van der Waals surface area contributed by atoms with Gasteiger partial charge in [0.05, 0.1) is 16.4 Å². The number of carbonyl (C=O) groups is 1. The van der Waals surface area contributed by atoms with E-state index in [0.717, 1.165) is 29.4 Å². The Morgan fingerprint density at radius 3 is 2.63 bits per heavy atom. The highest BCUT2D eigenvalue weighted by Crippen LogP contribution is 2.35. The molecule has 9 nitrogen and oxygen atoms in total. The number of nitrogens with zero attached hydrogens (tertiary/aromatic N) is 5. The van der Waals surface area contributed by atoms with Crippen LogP contribution in [0.3, 0.4) is 0 Å². The number of rotatable bonds is 8. The van der Waals surface area contributed by atoms with Gasteiger partial charge in [-0.05, 0) is 26.7 Å². The molecule has 0 aliphatic heterocycles. The van der Waals surface area contributed by atoms with Crippen molar-refractivity contribution in [3.8, 4) is 11.4 Å². The first-order chi connectivity index (χ1) is 16.9. The van der Waals surface area contributed by atoms with Gasteiger partial charge in [0.15, 0.2) is 11.0 Å². The molecule has 2 aromatic carbocycles. The van der Waals surface area contributed by atoms with Crippen LogP contribution in [0.1, 0.15) is 56.2 Å². The van der Waals surface area contributed by atoms with Gasteiger partial charge in [0.25, 0.3) is 11.6 Å². The summed E-state index contributed by atoms with van der Waals surface area (Å²) in [5, 5.41) is 24.7. The number of carbonyl (C=O) groups excluding carboxylic acids is 1. The van der Waals surface area contributed by atoms with E-state index in [-0.39, 0.29) is 17.3 Å². The van der Waals surface area contributed by atoms with Crippen LogP contribution in [0.25, 0.3) is 11.4 Å². The smallest absolute Gasteiger partial charge is 0.270 e. The number of nitro groups is 1. The highest BCUT2D eigenvalue weighted by atomic mass is 32.2. The monoisotopic (exact) mass is 492 g/mol. The van der Waals surface area contributed by atoms with Crippen LogP contribution in [-0.2, 0) is 4.79 Å². The number of hydrazone groups is 1. The molecule has 1 aliphatic carbocycles. The van der Waals surface area contributed by atoms with Gasteiger partial charge in [-0.1, -0.05) is 73.0 Å². The largest absolute Gasteiger partial charge is 0.299 e. The molecular formula is C25H28N6O3S. The fraction of sp³-hybridized carbons (Fsp3) is 0.360. The molecule has 0 spiro atoms. The molecule has 182 valence electrons. The molecule has 4 rings (SSSR count). The fourth-order valence-corrected chi connectivity index (χ4v) is 4.96. The summed E-state index contributed by atoms with van der Waals surface area (Å²) in [6, 6.07) is 14.7. The Kier molecular flexibility index (Phi) is 7.91. The average molecular weight is 493 g/mol. The molecule has 1 N–H and O–H groups in total. The van der Waals surface area contributed by atoms with Crippen molar-refractivity contribution in [2.24, 2.45) is 5.10 Å². The van der Waals surface area contributed by atoms with E-state index >= 15 is 0 Å². The minimum absolute atomic E-state index is 0.0228. The maximum Gasteiger partial charge on any atom is 0.270 e.